The maximum Gasteiger partial charge on any atom is 0.203 e. The van der Waals surface area contributed by atoms with E-state index >= 15 is 0 Å². The average molecular weight is 404 g/mol. The number of hydrogen-bond acceptors (Lipinski definition) is 8. The van der Waals surface area contributed by atoms with Crippen LogP contribution in [-0.4, -0.2) is 47.8 Å². The summed E-state index contributed by atoms with van der Waals surface area (Å²) >= 11 is 1.54. The van der Waals surface area contributed by atoms with Crippen LogP contribution in [0.5, 0.6) is 17.2 Å². The summed E-state index contributed by atoms with van der Waals surface area (Å²) in [7, 11) is 4.79. The summed E-state index contributed by atoms with van der Waals surface area (Å²) in [5, 5.41) is 17.7. The van der Waals surface area contributed by atoms with Crippen LogP contribution < -0.4 is 19.5 Å². The third-order valence-corrected chi connectivity index (χ3v) is 5.35. The number of rotatable bonds is 9. The molecule has 2 N–H and O–H groups in total. The minimum Gasteiger partial charge on any atom is -0.493 e. The van der Waals surface area contributed by atoms with Crippen molar-refractivity contribution >= 4 is 16.5 Å². The fourth-order valence-electron chi connectivity index (χ4n) is 2.89. The Morgan fingerprint density at radius 1 is 1.11 bits per heavy atom. The first kappa shape index (κ1) is 20.0. The fraction of sp³-hybridized carbons (Fsp3) is 0.368. The lowest BCUT2D eigenvalue weighted by atomic mass is 10.1. The lowest BCUT2D eigenvalue weighted by Gasteiger charge is -2.15. The molecule has 1 aromatic carbocycles. The van der Waals surface area contributed by atoms with Crippen LogP contribution in [0.15, 0.2) is 24.4 Å². The molecule has 0 aliphatic carbocycles. The maximum absolute atomic E-state index is 9.04. The van der Waals surface area contributed by atoms with Gasteiger partial charge in [0, 0.05) is 18.3 Å². The quantitative estimate of drug-likeness (QED) is 0.567. The van der Waals surface area contributed by atoms with Crippen molar-refractivity contribution in [2.45, 2.75) is 20.0 Å². The van der Waals surface area contributed by atoms with Crippen LogP contribution in [0.2, 0.25) is 0 Å². The third-order valence-electron chi connectivity index (χ3n) is 4.21. The highest BCUT2D eigenvalue weighted by molar-refractivity contribution is 7.19. The molecule has 0 saturated heterocycles. The lowest BCUT2D eigenvalue weighted by Crippen LogP contribution is -2.04. The third kappa shape index (κ3) is 4.05. The van der Waals surface area contributed by atoms with Crippen LogP contribution in [0.4, 0.5) is 5.13 Å². The molecule has 0 aliphatic rings. The van der Waals surface area contributed by atoms with Crippen LogP contribution in [0.25, 0.3) is 10.6 Å². The van der Waals surface area contributed by atoms with Crippen molar-refractivity contribution in [1.29, 1.82) is 0 Å². The van der Waals surface area contributed by atoms with Gasteiger partial charge >= 0.3 is 0 Å². The number of benzene rings is 1. The van der Waals surface area contributed by atoms with E-state index in [9.17, 15) is 0 Å². The normalized spacial score (nSPS) is 10.8. The number of nitrogens with one attached hydrogen (secondary N) is 1. The molecule has 2 aromatic heterocycles. The zero-order valence-electron chi connectivity index (χ0n) is 16.4. The number of aliphatic hydroxyl groups is 1. The number of aryl methyl sites for hydroxylation is 1. The van der Waals surface area contributed by atoms with Crippen molar-refractivity contribution in [3.05, 3.63) is 35.7 Å². The number of aromatic nitrogens is 3. The maximum atomic E-state index is 9.04. The van der Waals surface area contributed by atoms with Gasteiger partial charge in [-0.1, -0.05) is 11.3 Å². The van der Waals surface area contributed by atoms with Gasteiger partial charge in [0.15, 0.2) is 16.6 Å². The number of methoxy groups -OCH3 is 3. The van der Waals surface area contributed by atoms with Gasteiger partial charge in [0.2, 0.25) is 5.75 Å². The summed E-state index contributed by atoms with van der Waals surface area (Å²) in [6, 6.07) is 5.72. The SMILES string of the molecule is COc1ccc(CNc2nc(C)c(-c3ccn(CCO)n3)s2)c(OC)c1OC. The topological polar surface area (TPSA) is 90.7 Å². The largest absolute Gasteiger partial charge is 0.493 e. The Hall–Kier alpha value is -2.78. The highest BCUT2D eigenvalue weighted by atomic mass is 32.1. The number of hydrogen-bond donors (Lipinski definition) is 2. The number of aliphatic hydroxyl groups excluding tert-OH is 1. The number of thiazole rings is 1. The van der Waals surface area contributed by atoms with Crippen molar-refractivity contribution in [1.82, 2.24) is 14.8 Å². The van der Waals surface area contributed by atoms with Crippen LogP contribution in [0, 0.1) is 6.92 Å². The first-order valence-corrected chi connectivity index (χ1v) is 9.56. The van der Waals surface area contributed by atoms with Gasteiger partial charge < -0.3 is 24.6 Å². The second-order valence-corrected chi connectivity index (χ2v) is 6.97. The van der Waals surface area contributed by atoms with Crippen molar-refractivity contribution in [2.24, 2.45) is 0 Å². The smallest absolute Gasteiger partial charge is 0.203 e. The fourth-order valence-corrected chi connectivity index (χ4v) is 3.82. The van der Waals surface area contributed by atoms with E-state index in [1.165, 1.54) is 11.3 Å². The van der Waals surface area contributed by atoms with Crippen molar-refractivity contribution < 1.29 is 19.3 Å². The average Bonchev–Trinajstić information content (AvgIpc) is 3.31. The number of nitrogens with zero attached hydrogens (tertiary/aromatic N) is 3. The van der Waals surface area contributed by atoms with Crippen LogP contribution >= 0.6 is 11.3 Å². The van der Waals surface area contributed by atoms with E-state index < -0.39 is 0 Å². The first-order valence-electron chi connectivity index (χ1n) is 8.75. The summed E-state index contributed by atoms with van der Waals surface area (Å²) < 4.78 is 18.0. The molecule has 0 amide bonds. The van der Waals surface area contributed by atoms with E-state index in [2.05, 4.69) is 15.4 Å². The van der Waals surface area contributed by atoms with Crippen molar-refractivity contribution in [3.63, 3.8) is 0 Å². The van der Waals surface area contributed by atoms with Gasteiger partial charge in [0.25, 0.3) is 0 Å². The Balaban J connectivity index is 1.78. The lowest BCUT2D eigenvalue weighted by molar-refractivity contribution is 0.269. The molecule has 0 fully saturated rings. The van der Waals surface area contributed by atoms with Crippen LogP contribution in [-0.2, 0) is 13.1 Å². The molecule has 0 aliphatic heterocycles. The summed E-state index contributed by atoms with van der Waals surface area (Å²) in [6.07, 6.45) is 1.85. The van der Waals surface area contributed by atoms with Crippen LogP contribution in [0.1, 0.15) is 11.3 Å². The molecule has 0 spiro atoms. The zero-order chi connectivity index (χ0) is 20.1. The van der Waals surface area contributed by atoms with E-state index in [0.717, 1.165) is 27.0 Å². The zero-order valence-corrected chi connectivity index (χ0v) is 17.2. The highest BCUT2D eigenvalue weighted by Gasteiger charge is 2.17. The molecule has 28 heavy (non-hydrogen) atoms. The minimum atomic E-state index is 0.0583. The van der Waals surface area contributed by atoms with E-state index in [4.69, 9.17) is 19.3 Å². The molecule has 150 valence electrons. The molecule has 9 heteroatoms. The molecule has 0 unspecified atom stereocenters. The van der Waals surface area contributed by atoms with Gasteiger partial charge in [-0.25, -0.2) is 4.98 Å². The highest BCUT2D eigenvalue weighted by Crippen LogP contribution is 2.40. The monoisotopic (exact) mass is 404 g/mol. The molecule has 0 atom stereocenters. The minimum absolute atomic E-state index is 0.0583. The van der Waals surface area contributed by atoms with E-state index in [1.807, 2.05) is 31.3 Å². The molecule has 0 radical (unpaired) electrons. The van der Waals surface area contributed by atoms with Crippen molar-refractivity contribution in [3.8, 4) is 27.8 Å². The summed E-state index contributed by atoms with van der Waals surface area (Å²) in [4.78, 5) is 5.60. The van der Waals surface area contributed by atoms with E-state index in [0.29, 0.717) is 30.3 Å². The Labute approximate surface area is 167 Å². The molecular formula is C19H24N4O4S. The van der Waals surface area contributed by atoms with Gasteiger partial charge in [-0.2, -0.15) is 5.10 Å². The molecule has 3 aromatic rings. The first-order chi connectivity index (χ1) is 13.6. The molecule has 3 rings (SSSR count). The number of ether oxygens (including phenoxy) is 3. The van der Waals surface area contributed by atoms with Gasteiger partial charge in [0.1, 0.15) is 5.69 Å². The Kier molecular flexibility index (Phi) is 6.37. The van der Waals surface area contributed by atoms with Crippen molar-refractivity contribution in [2.75, 3.05) is 33.3 Å². The summed E-state index contributed by atoms with van der Waals surface area (Å²) in [6.45, 7) is 3.01. The Morgan fingerprint density at radius 2 is 1.89 bits per heavy atom. The van der Waals surface area contributed by atoms with E-state index in [-0.39, 0.29) is 6.61 Å². The Morgan fingerprint density at radius 3 is 2.57 bits per heavy atom. The summed E-state index contributed by atoms with van der Waals surface area (Å²) in [5.74, 6) is 1.81. The second kappa shape index (κ2) is 8.94. The summed E-state index contributed by atoms with van der Waals surface area (Å²) in [5.41, 5.74) is 2.68. The molecule has 0 bridgehead atoms. The van der Waals surface area contributed by atoms with Gasteiger partial charge in [-0.15, -0.1) is 0 Å². The number of anilines is 1. The predicted octanol–water partition coefficient (Wildman–Crippen LogP) is 2.95. The van der Waals surface area contributed by atoms with Crippen LogP contribution in [0.3, 0.4) is 0 Å². The predicted molar refractivity (Wildman–Crippen MR) is 109 cm³/mol. The molecular weight excluding hydrogens is 380 g/mol. The van der Waals surface area contributed by atoms with Gasteiger partial charge in [-0.3, -0.25) is 4.68 Å². The second-order valence-electron chi connectivity index (χ2n) is 5.97. The molecule has 0 saturated carbocycles. The van der Waals surface area contributed by atoms with E-state index in [1.54, 1.807) is 26.0 Å². The Bertz CT molecular complexity index is 938. The van der Waals surface area contributed by atoms with Gasteiger partial charge in [-0.05, 0) is 25.1 Å². The standard InChI is InChI=1S/C19H24N4O4S/c1-12-18(14-7-8-23(22-14)9-10-24)28-19(21-12)20-11-13-5-6-15(25-2)17(27-4)16(13)26-3/h5-8,24H,9-11H2,1-4H3,(H,20,21). The van der Waals surface area contributed by atoms with Gasteiger partial charge in [0.05, 0.1) is 45.1 Å². The molecule has 8 nitrogen and oxygen atoms in total. The molecule has 2 heterocycles.